The van der Waals surface area contributed by atoms with Crippen molar-refractivity contribution in [3.63, 3.8) is 0 Å². The van der Waals surface area contributed by atoms with Crippen LogP contribution >= 0.6 is 34.2 Å². The van der Waals surface area contributed by atoms with E-state index in [-0.39, 0.29) is 11.4 Å². The summed E-state index contributed by atoms with van der Waals surface area (Å²) in [5.74, 6) is -1.17. The Kier molecular flexibility index (Phi) is 3.78. The predicted molar refractivity (Wildman–Crippen MR) is 51.4 cm³/mol. The SMILES string of the molecule is Fc1cnc(I)c(CCl)c1C(F)F. The summed E-state index contributed by atoms with van der Waals surface area (Å²) in [6.07, 6.45) is -2.08. The zero-order chi connectivity index (χ0) is 10.0. The second-order valence-electron chi connectivity index (χ2n) is 2.22. The lowest BCUT2D eigenvalue weighted by molar-refractivity contribution is 0.145. The molecule has 0 aliphatic rings. The van der Waals surface area contributed by atoms with Gasteiger partial charge in [-0.15, -0.1) is 11.6 Å². The molecule has 0 radical (unpaired) electrons. The summed E-state index contributed by atoms with van der Waals surface area (Å²) in [5, 5.41) is 0. The van der Waals surface area contributed by atoms with E-state index in [1.807, 2.05) is 0 Å². The molecule has 1 aromatic rings. The minimum absolute atomic E-state index is 0.0669. The summed E-state index contributed by atoms with van der Waals surface area (Å²) >= 11 is 7.15. The van der Waals surface area contributed by atoms with Crippen LogP contribution in [0, 0.1) is 9.52 Å². The fraction of sp³-hybridized carbons (Fsp3) is 0.286. The van der Waals surface area contributed by atoms with E-state index in [0.717, 1.165) is 6.20 Å². The molecule has 0 spiro atoms. The van der Waals surface area contributed by atoms with Crippen molar-refractivity contribution in [3.05, 3.63) is 26.8 Å². The van der Waals surface area contributed by atoms with Crippen molar-refractivity contribution >= 4 is 34.2 Å². The topological polar surface area (TPSA) is 12.9 Å². The lowest BCUT2D eigenvalue weighted by Crippen LogP contribution is -2.02. The third-order valence-electron chi connectivity index (χ3n) is 1.47. The van der Waals surface area contributed by atoms with Gasteiger partial charge in [-0.2, -0.15) is 0 Å². The number of pyridine rings is 1. The number of alkyl halides is 3. The van der Waals surface area contributed by atoms with Crippen LogP contribution in [0.15, 0.2) is 6.20 Å². The lowest BCUT2D eigenvalue weighted by Gasteiger charge is -2.08. The predicted octanol–water partition coefficient (Wildman–Crippen LogP) is 3.50. The highest BCUT2D eigenvalue weighted by atomic mass is 127. The van der Waals surface area contributed by atoms with Crippen LogP contribution in [-0.2, 0) is 5.88 Å². The number of nitrogens with zero attached hydrogens (tertiary/aromatic N) is 1. The summed E-state index contributed by atoms with van der Waals surface area (Å²) in [7, 11) is 0. The lowest BCUT2D eigenvalue weighted by atomic mass is 10.1. The van der Waals surface area contributed by atoms with E-state index in [9.17, 15) is 13.2 Å². The minimum atomic E-state index is -2.86. The van der Waals surface area contributed by atoms with Gasteiger partial charge < -0.3 is 0 Å². The average molecular weight is 321 g/mol. The van der Waals surface area contributed by atoms with Crippen LogP contribution < -0.4 is 0 Å². The highest BCUT2D eigenvalue weighted by Crippen LogP contribution is 2.28. The van der Waals surface area contributed by atoms with Crippen molar-refractivity contribution in [1.82, 2.24) is 4.98 Å². The molecule has 0 unspecified atom stereocenters. The van der Waals surface area contributed by atoms with E-state index in [1.165, 1.54) is 0 Å². The van der Waals surface area contributed by atoms with Gasteiger partial charge in [0.1, 0.15) is 3.70 Å². The molecule has 0 aliphatic carbocycles. The largest absolute Gasteiger partial charge is 0.267 e. The van der Waals surface area contributed by atoms with Gasteiger partial charge in [0, 0.05) is 5.56 Å². The van der Waals surface area contributed by atoms with Gasteiger partial charge in [-0.3, -0.25) is 0 Å². The average Bonchev–Trinajstić information content (AvgIpc) is 2.07. The fourth-order valence-corrected chi connectivity index (χ4v) is 2.00. The van der Waals surface area contributed by atoms with E-state index < -0.39 is 17.8 Å². The molecule has 0 aliphatic heterocycles. The van der Waals surface area contributed by atoms with E-state index in [4.69, 9.17) is 11.6 Å². The van der Waals surface area contributed by atoms with Gasteiger partial charge in [-0.05, 0) is 22.6 Å². The van der Waals surface area contributed by atoms with Crippen LogP contribution in [0.25, 0.3) is 0 Å². The summed E-state index contributed by atoms with van der Waals surface area (Å²) in [4.78, 5) is 3.59. The van der Waals surface area contributed by atoms with Gasteiger partial charge >= 0.3 is 0 Å². The third kappa shape index (κ3) is 2.25. The summed E-state index contributed by atoms with van der Waals surface area (Å²) in [5.41, 5.74) is -0.577. The van der Waals surface area contributed by atoms with Gasteiger partial charge in [0.25, 0.3) is 6.43 Å². The molecule has 0 bridgehead atoms. The Labute approximate surface area is 91.4 Å². The molecule has 0 aromatic carbocycles. The minimum Gasteiger partial charge on any atom is -0.247 e. The number of halogens is 5. The molecular weight excluding hydrogens is 317 g/mol. The van der Waals surface area contributed by atoms with Gasteiger partial charge in [0.15, 0.2) is 5.82 Å². The zero-order valence-electron chi connectivity index (χ0n) is 6.20. The Morgan fingerprint density at radius 1 is 1.54 bits per heavy atom. The summed E-state index contributed by atoms with van der Waals surface area (Å²) in [6.45, 7) is 0. The molecule has 1 aromatic heterocycles. The third-order valence-corrected chi connectivity index (χ3v) is 2.67. The number of hydrogen-bond acceptors (Lipinski definition) is 1. The molecule has 0 saturated carbocycles. The van der Waals surface area contributed by atoms with E-state index in [0.29, 0.717) is 3.70 Å². The number of rotatable bonds is 2. The Morgan fingerprint density at radius 2 is 2.15 bits per heavy atom. The maximum atomic E-state index is 12.9. The van der Waals surface area contributed by atoms with Crippen LogP contribution in [-0.4, -0.2) is 4.98 Å². The van der Waals surface area contributed by atoms with Crippen LogP contribution in [0.3, 0.4) is 0 Å². The number of aromatic nitrogens is 1. The van der Waals surface area contributed by atoms with Crippen LogP contribution in [0.2, 0.25) is 0 Å². The standard InChI is InChI=1S/C7H4ClF3IN/c8-1-3-5(6(10)11)4(9)2-13-7(3)12/h2,6H,1H2. The fourth-order valence-electron chi connectivity index (χ4n) is 0.879. The Hall–Kier alpha value is -0.0400. The maximum absolute atomic E-state index is 12.9. The van der Waals surface area contributed by atoms with Crippen LogP contribution in [0.4, 0.5) is 13.2 Å². The van der Waals surface area contributed by atoms with Gasteiger partial charge in [0.2, 0.25) is 0 Å². The zero-order valence-corrected chi connectivity index (χ0v) is 9.11. The second kappa shape index (κ2) is 4.45. The molecule has 72 valence electrons. The first kappa shape index (κ1) is 11.0. The van der Waals surface area contributed by atoms with E-state index in [1.54, 1.807) is 22.6 Å². The molecule has 0 fully saturated rings. The molecular formula is C7H4ClF3IN. The molecule has 1 rings (SSSR count). The quantitative estimate of drug-likeness (QED) is 0.461. The molecule has 1 nitrogen and oxygen atoms in total. The normalized spacial score (nSPS) is 10.9. The smallest absolute Gasteiger partial charge is 0.247 e. The Morgan fingerprint density at radius 3 is 2.54 bits per heavy atom. The van der Waals surface area contributed by atoms with Crippen molar-refractivity contribution in [3.8, 4) is 0 Å². The first-order chi connectivity index (χ1) is 6.07. The first-order valence-corrected chi connectivity index (χ1v) is 4.86. The van der Waals surface area contributed by atoms with Gasteiger partial charge in [0.05, 0.1) is 17.6 Å². The summed E-state index contributed by atoms with van der Waals surface area (Å²) in [6, 6.07) is 0. The van der Waals surface area contributed by atoms with Crippen molar-refractivity contribution in [2.45, 2.75) is 12.3 Å². The molecule has 0 atom stereocenters. The first-order valence-electron chi connectivity index (χ1n) is 3.24. The van der Waals surface area contributed by atoms with Gasteiger partial charge in [-0.1, -0.05) is 0 Å². The maximum Gasteiger partial charge on any atom is 0.267 e. The molecule has 0 N–H and O–H groups in total. The van der Waals surface area contributed by atoms with Crippen LogP contribution in [0.5, 0.6) is 0 Å². The van der Waals surface area contributed by atoms with Crippen molar-refractivity contribution in [2.24, 2.45) is 0 Å². The molecule has 0 saturated heterocycles. The molecule has 13 heavy (non-hydrogen) atoms. The molecule has 6 heteroatoms. The Balaban J connectivity index is 3.35. The second-order valence-corrected chi connectivity index (χ2v) is 3.51. The summed E-state index contributed by atoms with van der Waals surface area (Å²) < 4.78 is 37.8. The van der Waals surface area contributed by atoms with Crippen molar-refractivity contribution < 1.29 is 13.2 Å². The van der Waals surface area contributed by atoms with Crippen LogP contribution in [0.1, 0.15) is 17.6 Å². The van der Waals surface area contributed by atoms with E-state index >= 15 is 0 Å². The molecule has 1 heterocycles. The van der Waals surface area contributed by atoms with E-state index in [2.05, 4.69) is 4.98 Å². The van der Waals surface area contributed by atoms with Crippen molar-refractivity contribution in [1.29, 1.82) is 0 Å². The van der Waals surface area contributed by atoms with Crippen molar-refractivity contribution in [2.75, 3.05) is 0 Å². The number of hydrogen-bond donors (Lipinski definition) is 0. The van der Waals surface area contributed by atoms with Gasteiger partial charge in [-0.25, -0.2) is 18.2 Å². The highest BCUT2D eigenvalue weighted by molar-refractivity contribution is 14.1. The molecule has 0 amide bonds. The Bertz CT molecular complexity index is 319. The monoisotopic (exact) mass is 321 g/mol. The highest BCUT2D eigenvalue weighted by Gasteiger charge is 2.20.